The third kappa shape index (κ3) is 2.03. The van der Waals surface area contributed by atoms with Crippen LogP contribution in [0.25, 0.3) is 0 Å². The van der Waals surface area contributed by atoms with Gasteiger partial charge in [-0.1, -0.05) is 24.3 Å². The monoisotopic (exact) mass is 321 g/mol. The fourth-order valence-electron chi connectivity index (χ4n) is 8.08. The van der Waals surface area contributed by atoms with E-state index < -0.39 is 0 Å². The molecule has 128 valence electrons. The molecule has 2 atom stereocenters. The number of hydrogen-bond acceptors (Lipinski definition) is 1. The van der Waals surface area contributed by atoms with Crippen molar-refractivity contribution >= 4 is 0 Å². The maximum absolute atomic E-state index is 3.03. The molecule has 1 heteroatoms. The van der Waals surface area contributed by atoms with Gasteiger partial charge in [-0.2, -0.15) is 0 Å². The van der Waals surface area contributed by atoms with Crippen LogP contribution in [0.5, 0.6) is 0 Å². The molecular formula is C23H31N. The normalized spacial score (nSPS) is 46.6. The molecule has 1 aliphatic heterocycles. The van der Waals surface area contributed by atoms with Crippen LogP contribution in [0, 0.1) is 23.7 Å². The zero-order chi connectivity index (χ0) is 15.7. The van der Waals surface area contributed by atoms with Crippen LogP contribution in [-0.4, -0.2) is 23.5 Å². The van der Waals surface area contributed by atoms with Gasteiger partial charge in [-0.25, -0.2) is 0 Å². The predicted octanol–water partition coefficient (Wildman–Crippen LogP) is 5.01. The highest BCUT2D eigenvalue weighted by Crippen LogP contribution is 2.59. The third-order valence-corrected chi connectivity index (χ3v) is 8.65. The van der Waals surface area contributed by atoms with E-state index in [1.54, 1.807) is 49.7 Å². The Morgan fingerprint density at radius 3 is 2.33 bits per heavy atom. The van der Waals surface area contributed by atoms with E-state index in [0.717, 1.165) is 29.6 Å². The predicted molar refractivity (Wildman–Crippen MR) is 98.1 cm³/mol. The number of piperidine rings is 1. The maximum Gasteiger partial charge on any atom is 0.0217 e. The van der Waals surface area contributed by atoms with Crippen LogP contribution >= 0.6 is 0 Å². The van der Waals surface area contributed by atoms with Crippen molar-refractivity contribution in [2.75, 3.05) is 13.1 Å². The van der Waals surface area contributed by atoms with E-state index in [0.29, 0.717) is 5.54 Å². The molecule has 1 heterocycles. The second-order valence-corrected chi connectivity index (χ2v) is 9.98. The molecule has 0 amide bonds. The number of fused-ring (bicyclic) bond motifs is 3. The van der Waals surface area contributed by atoms with E-state index in [-0.39, 0.29) is 0 Å². The number of aryl methyl sites for hydroxylation is 1. The van der Waals surface area contributed by atoms with Crippen LogP contribution in [-0.2, 0) is 6.42 Å². The number of likely N-dealkylation sites (tertiary alicyclic amines) is 1. The Kier molecular flexibility index (Phi) is 3.05. The maximum atomic E-state index is 3.03. The Bertz CT molecular complexity index is 612. The molecule has 24 heavy (non-hydrogen) atoms. The molecule has 0 aromatic heterocycles. The number of nitrogens with zero attached hydrogens (tertiary/aromatic N) is 1. The van der Waals surface area contributed by atoms with E-state index in [1.165, 1.54) is 32.4 Å². The van der Waals surface area contributed by atoms with Crippen LogP contribution in [0.2, 0.25) is 0 Å². The minimum atomic E-state index is 0.636. The second-order valence-electron chi connectivity index (χ2n) is 9.98. The molecule has 5 fully saturated rings. The quantitative estimate of drug-likeness (QED) is 0.703. The highest BCUT2D eigenvalue weighted by Gasteiger charge is 2.54. The molecule has 5 aliphatic carbocycles. The summed E-state index contributed by atoms with van der Waals surface area (Å²) >= 11 is 0. The van der Waals surface area contributed by atoms with E-state index >= 15 is 0 Å². The minimum Gasteiger partial charge on any atom is -0.297 e. The summed E-state index contributed by atoms with van der Waals surface area (Å²) in [6.07, 6.45) is 13.6. The second kappa shape index (κ2) is 5.10. The van der Waals surface area contributed by atoms with Gasteiger partial charge in [0.15, 0.2) is 0 Å². The van der Waals surface area contributed by atoms with Gasteiger partial charge >= 0.3 is 0 Å². The van der Waals surface area contributed by atoms with Gasteiger partial charge in [-0.15, -0.1) is 0 Å². The summed E-state index contributed by atoms with van der Waals surface area (Å²) in [5.74, 6) is 5.05. The van der Waals surface area contributed by atoms with E-state index in [2.05, 4.69) is 29.2 Å². The van der Waals surface area contributed by atoms with Crippen molar-refractivity contribution in [2.24, 2.45) is 23.7 Å². The zero-order valence-electron chi connectivity index (χ0n) is 14.9. The molecule has 0 radical (unpaired) electrons. The highest BCUT2D eigenvalue weighted by atomic mass is 15.2. The standard InChI is InChI=1S/C23H31N/c1-2-4-21-19(3-1)5-6-20-15-24(8-7-22(20)21)23-12-16-9-17(13-23)11-18(10-16)14-23/h1-4,16-18,20,22H,5-15H2/t16?,17?,18?,20-,22+,23?/m0/s1. The molecule has 1 nitrogen and oxygen atoms in total. The Balaban J connectivity index is 1.27. The molecule has 4 bridgehead atoms. The molecular weight excluding hydrogens is 290 g/mol. The van der Waals surface area contributed by atoms with E-state index in [9.17, 15) is 0 Å². The van der Waals surface area contributed by atoms with Gasteiger partial charge in [-0.3, -0.25) is 4.90 Å². The first-order valence-electron chi connectivity index (χ1n) is 10.6. The van der Waals surface area contributed by atoms with Crippen LogP contribution in [0.3, 0.4) is 0 Å². The first-order chi connectivity index (χ1) is 11.8. The summed E-state index contributed by atoms with van der Waals surface area (Å²) in [6.45, 7) is 2.78. The van der Waals surface area contributed by atoms with Crippen molar-refractivity contribution < 1.29 is 0 Å². The largest absolute Gasteiger partial charge is 0.297 e. The van der Waals surface area contributed by atoms with Crippen molar-refractivity contribution in [1.29, 1.82) is 0 Å². The lowest BCUT2D eigenvalue weighted by Crippen LogP contribution is -2.62. The Morgan fingerprint density at radius 2 is 1.58 bits per heavy atom. The van der Waals surface area contributed by atoms with Gasteiger partial charge in [0.2, 0.25) is 0 Å². The fourth-order valence-corrected chi connectivity index (χ4v) is 8.08. The van der Waals surface area contributed by atoms with Crippen LogP contribution in [0.4, 0.5) is 0 Å². The van der Waals surface area contributed by atoms with Crippen molar-refractivity contribution in [1.82, 2.24) is 4.90 Å². The number of rotatable bonds is 1. The topological polar surface area (TPSA) is 3.24 Å². The summed E-state index contributed by atoms with van der Waals surface area (Å²) in [7, 11) is 0. The molecule has 6 aliphatic rings. The first-order valence-corrected chi connectivity index (χ1v) is 10.6. The average molecular weight is 322 g/mol. The van der Waals surface area contributed by atoms with Crippen LogP contribution in [0.15, 0.2) is 24.3 Å². The summed E-state index contributed by atoms with van der Waals surface area (Å²) in [5.41, 5.74) is 4.00. The minimum absolute atomic E-state index is 0.636. The van der Waals surface area contributed by atoms with Gasteiger partial charge in [-0.05, 0) is 105 Å². The van der Waals surface area contributed by atoms with E-state index in [1.807, 2.05) is 0 Å². The summed E-state index contributed by atoms with van der Waals surface area (Å²) < 4.78 is 0. The lowest BCUT2D eigenvalue weighted by molar-refractivity contribution is -0.104. The van der Waals surface area contributed by atoms with Gasteiger partial charge in [0, 0.05) is 12.1 Å². The number of hydrogen-bond donors (Lipinski definition) is 0. The molecule has 1 saturated heterocycles. The summed E-state index contributed by atoms with van der Waals surface area (Å²) in [4.78, 5) is 3.03. The summed E-state index contributed by atoms with van der Waals surface area (Å²) in [6, 6.07) is 9.33. The highest BCUT2D eigenvalue weighted by molar-refractivity contribution is 5.34. The van der Waals surface area contributed by atoms with E-state index in [4.69, 9.17) is 0 Å². The Hall–Kier alpha value is -0.820. The Labute approximate surface area is 146 Å². The van der Waals surface area contributed by atoms with Gasteiger partial charge in [0.05, 0.1) is 0 Å². The molecule has 0 spiro atoms. The van der Waals surface area contributed by atoms with Crippen LogP contribution in [0.1, 0.15) is 68.4 Å². The summed E-state index contributed by atoms with van der Waals surface area (Å²) in [5, 5.41) is 0. The molecule has 7 rings (SSSR count). The molecule has 1 aromatic rings. The van der Waals surface area contributed by atoms with Crippen molar-refractivity contribution in [3.63, 3.8) is 0 Å². The SMILES string of the molecule is c1ccc2c(c1)CC[C@H]1CN(C34CC5CC(CC(C5)C3)C4)CC[C@@H]21. The molecule has 4 saturated carbocycles. The van der Waals surface area contributed by atoms with Gasteiger partial charge in [0.25, 0.3) is 0 Å². The molecule has 0 N–H and O–H groups in total. The zero-order valence-corrected chi connectivity index (χ0v) is 14.9. The number of benzene rings is 1. The Morgan fingerprint density at radius 1 is 0.875 bits per heavy atom. The molecule has 0 unspecified atom stereocenters. The van der Waals surface area contributed by atoms with Crippen LogP contribution < -0.4 is 0 Å². The van der Waals surface area contributed by atoms with Crippen molar-refractivity contribution in [3.8, 4) is 0 Å². The average Bonchev–Trinajstić information content (AvgIpc) is 2.60. The fraction of sp³-hybridized carbons (Fsp3) is 0.739. The third-order valence-electron chi connectivity index (χ3n) is 8.65. The lowest BCUT2D eigenvalue weighted by Gasteiger charge is -2.62. The first kappa shape index (κ1) is 14.4. The lowest BCUT2D eigenvalue weighted by atomic mass is 9.52. The smallest absolute Gasteiger partial charge is 0.0217 e. The van der Waals surface area contributed by atoms with Gasteiger partial charge < -0.3 is 0 Å². The van der Waals surface area contributed by atoms with Crippen molar-refractivity contribution in [2.45, 2.75) is 69.2 Å². The molecule has 1 aromatic carbocycles. The van der Waals surface area contributed by atoms with Gasteiger partial charge in [0.1, 0.15) is 0 Å². The van der Waals surface area contributed by atoms with Crippen molar-refractivity contribution in [3.05, 3.63) is 35.4 Å².